The smallest absolute Gasteiger partial charge is 0.356 e. The van der Waals surface area contributed by atoms with Gasteiger partial charge in [-0.25, -0.2) is 9.78 Å². The summed E-state index contributed by atoms with van der Waals surface area (Å²) in [6.45, 7) is 4.42. The third kappa shape index (κ3) is 4.72. The van der Waals surface area contributed by atoms with Crippen LogP contribution < -0.4 is 4.74 Å². The van der Waals surface area contributed by atoms with Gasteiger partial charge in [0.2, 0.25) is 5.88 Å². The Balaban J connectivity index is 0.000000956. The first kappa shape index (κ1) is 15.7. The van der Waals surface area contributed by atoms with E-state index >= 15 is 0 Å². The van der Waals surface area contributed by atoms with E-state index in [1.54, 1.807) is 18.2 Å². The summed E-state index contributed by atoms with van der Waals surface area (Å²) in [6, 6.07) is 14.7. The van der Waals surface area contributed by atoms with Gasteiger partial charge in [0.15, 0.2) is 5.69 Å². The number of hydrogen-bond donors (Lipinski definition) is 0. The summed E-state index contributed by atoms with van der Waals surface area (Å²) in [5.74, 6) is -0.0677. The second-order valence-corrected chi connectivity index (χ2v) is 3.63. The molecule has 4 heteroatoms. The molecule has 2 rings (SSSR count). The van der Waals surface area contributed by atoms with Crippen molar-refractivity contribution in [3.05, 3.63) is 59.8 Å². The van der Waals surface area contributed by atoms with E-state index in [0.29, 0.717) is 12.5 Å². The van der Waals surface area contributed by atoms with Gasteiger partial charge in [-0.2, -0.15) is 0 Å². The van der Waals surface area contributed by atoms with Gasteiger partial charge in [0.25, 0.3) is 0 Å². The minimum atomic E-state index is -0.472. The summed E-state index contributed by atoms with van der Waals surface area (Å²) in [5, 5.41) is 0. The number of esters is 1. The van der Waals surface area contributed by atoms with Crippen LogP contribution in [0.4, 0.5) is 0 Å². The van der Waals surface area contributed by atoms with Crippen LogP contribution in [0.15, 0.2) is 48.5 Å². The van der Waals surface area contributed by atoms with Crippen molar-refractivity contribution in [1.82, 2.24) is 4.98 Å². The van der Waals surface area contributed by atoms with E-state index in [-0.39, 0.29) is 5.69 Å². The number of aromatic nitrogens is 1. The van der Waals surface area contributed by atoms with E-state index in [1.807, 2.05) is 44.2 Å². The quantitative estimate of drug-likeness (QED) is 0.800. The Morgan fingerprint density at radius 3 is 2.40 bits per heavy atom. The zero-order valence-corrected chi connectivity index (χ0v) is 12.0. The predicted molar refractivity (Wildman–Crippen MR) is 77.7 cm³/mol. The van der Waals surface area contributed by atoms with Crippen LogP contribution in [0.5, 0.6) is 5.88 Å². The van der Waals surface area contributed by atoms with Gasteiger partial charge in [-0.1, -0.05) is 50.2 Å². The third-order valence-corrected chi connectivity index (χ3v) is 2.35. The second kappa shape index (κ2) is 8.69. The molecule has 20 heavy (non-hydrogen) atoms. The van der Waals surface area contributed by atoms with Crippen LogP contribution >= 0.6 is 0 Å². The summed E-state index contributed by atoms with van der Waals surface area (Å²) < 4.78 is 10.1. The van der Waals surface area contributed by atoms with Crippen LogP contribution in [0.3, 0.4) is 0 Å². The molecule has 0 bridgehead atoms. The average Bonchev–Trinajstić information content (AvgIpc) is 2.55. The highest BCUT2D eigenvalue weighted by molar-refractivity contribution is 5.87. The second-order valence-electron chi connectivity index (χ2n) is 3.63. The zero-order valence-electron chi connectivity index (χ0n) is 12.0. The number of ether oxygens (including phenoxy) is 2. The van der Waals surface area contributed by atoms with E-state index in [4.69, 9.17) is 4.74 Å². The number of methoxy groups -OCH3 is 1. The molecule has 106 valence electrons. The topological polar surface area (TPSA) is 48.4 Å². The largest absolute Gasteiger partial charge is 0.473 e. The van der Waals surface area contributed by atoms with Crippen LogP contribution in [-0.2, 0) is 11.3 Å². The first-order chi connectivity index (χ1) is 9.79. The molecule has 0 spiro atoms. The van der Waals surface area contributed by atoms with Crippen molar-refractivity contribution in [3.8, 4) is 5.88 Å². The summed E-state index contributed by atoms with van der Waals surface area (Å²) in [5.41, 5.74) is 1.28. The molecule has 1 aromatic carbocycles. The van der Waals surface area contributed by atoms with Gasteiger partial charge in [0.05, 0.1) is 7.11 Å². The van der Waals surface area contributed by atoms with E-state index in [0.717, 1.165) is 5.56 Å². The average molecular weight is 273 g/mol. The highest BCUT2D eigenvalue weighted by atomic mass is 16.5. The highest BCUT2D eigenvalue weighted by Crippen LogP contribution is 2.11. The zero-order chi connectivity index (χ0) is 14.8. The first-order valence-electron chi connectivity index (χ1n) is 6.51. The molecule has 1 heterocycles. The van der Waals surface area contributed by atoms with E-state index in [9.17, 15) is 4.79 Å². The van der Waals surface area contributed by atoms with Crippen molar-refractivity contribution in [3.63, 3.8) is 0 Å². The van der Waals surface area contributed by atoms with Gasteiger partial charge >= 0.3 is 5.97 Å². The molecule has 0 atom stereocenters. The maximum absolute atomic E-state index is 11.3. The molecule has 0 unspecified atom stereocenters. The van der Waals surface area contributed by atoms with Gasteiger partial charge in [0.1, 0.15) is 6.61 Å². The molecule has 2 aromatic rings. The molecule has 0 amide bonds. The SMILES string of the molecule is CC.COC(=O)c1cccc(OCc2ccccc2)n1. The molecule has 0 saturated carbocycles. The number of hydrogen-bond acceptors (Lipinski definition) is 4. The van der Waals surface area contributed by atoms with Crippen molar-refractivity contribution in [2.45, 2.75) is 20.5 Å². The van der Waals surface area contributed by atoms with Crippen molar-refractivity contribution in [2.75, 3.05) is 7.11 Å². The normalized spacial score (nSPS) is 9.15. The molecule has 0 aliphatic carbocycles. The number of carbonyl (C=O) groups is 1. The standard InChI is InChI=1S/C14H13NO3.C2H6/c1-17-14(16)12-8-5-9-13(15-12)18-10-11-6-3-2-4-7-11;1-2/h2-9H,10H2,1H3;1-2H3. The Bertz CT molecular complexity index is 526. The van der Waals surface area contributed by atoms with Gasteiger partial charge in [-0.15, -0.1) is 0 Å². The first-order valence-corrected chi connectivity index (χ1v) is 6.51. The van der Waals surface area contributed by atoms with E-state index in [1.165, 1.54) is 7.11 Å². The summed E-state index contributed by atoms with van der Waals surface area (Å²) in [6.07, 6.45) is 0. The molecule has 1 aromatic heterocycles. The fraction of sp³-hybridized carbons (Fsp3) is 0.250. The fourth-order valence-corrected chi connectivity index (χ4v) is 1.44. The summed E-state index contributed by atoms with van der Waals surface area (Å²) in [7, 11) is 1.32. The van der Waals surface area contributed by atoms with Crippen molar-refractivity contribution >= 4 is 5.97 Å². The maximum atomic E-state index is 11.3. The number of benzene rings is 1. The number of carbonyl (C=O) groups excluding carboxylic acids is 1. The van der Waals surface area contributed by atoms with Crippen LogP contribution in [0.25, 0.3) is 0 Å². The number of nitrogens with zero attached hydrogens (tertiary/aromatic N) is 1. The minimum Gasteiger partial charge on any atom is -0.473 e. The van der Waals surface area contributed by atoms with Gasteiger partial charge in [-0.05, 0) is 11.6 Å². The Morgan fingerprint density at radius 1 is 1.05 bits per heavy atom. The summed E-state index contributed by atoms with van der Waals surface area (Å²) >= 11 is 0. The predicted octanol–water partition coefficient (Wildman–Crippen LogP) is 3.47. The Labute approximate surface area is 119 Å². The third-order valence-electron chi connectivity index (χ3n) is 2.35. The minimum absolute atomic E-state index is 0.239. The summed E-state index contributed by atoms with van der Waals surface area (Å²) in [4.78, 5) is 15.4. The Hall–Kier alpha value is -2.36. The Kier molecular flexibility index (Phi) is 6.82. The van der Waals surface area contributed by atoms with Crippen molar-refractivity contribution < 1.29 is 14.3 Å². The Morgan fingerprint density at radius 2 is 1.75 bits per heavy atom. The molecule has 0 radical (unpaired) electrons. The lowest BCUT2D eigenvalue weighted by Gasteiger charge is -2.06. The molecular weight excluding hydrogens is 254 g/mol. The van der Waals surface area contributed by atoms with Crippen LogP contribution in [0, 0.1) is 0 Å². The molecule has 0 N–H and O–H groups in total. The number of pyridine rings is 1. The highest BCUT2D eigenvalue weighted by Gasteiger charge is 2.07. The van der Waals surface area contributed by atoms with Crippen LogP contribution in [0.1, 0.15) is 29.9 Å². The molecule has 0 fully saturated rings. The van der Waals surface area contributed by atoms with Gasteiger partial charge in [0, 0.05) is 6.07 Å². The van der Waals surface area contributed by atoms with Gasteiger partial charge in [-0.3, -0.25) is 0 Å². The number of rotatable bonds is 4. The van der Waals surface area contributed by atoms with Crippen molar-refractivity contribution in [2.24, 2.45) is 0 Å². The van der Waals surface area contributed by atoms with Gasteiger partial charge < -0.3 is 9.47 Å². The van der Waals surface area contributed by atoms with Crippen LogP contribution in [-0.4, -0.2) is 18.1 Å². The van der Waals surface area contributed by atoms with Crippen LogP contribution in [0.2, 0.25) is 0 Å². The molecule has 0 saturated heterocycles. The fourth-order valence-electron chi connectivity index (χ4n) is 1.44. The lowest BCUT2D eigenvalue weighted by molar-refractivity contribution is 0.0592. The maximum Gasteiger partial charge on any atom is 0.356 e. The van der Waals surface area contributed by atoms with Crippen molar-refractivity contribution in [1.29, 1.82) is 0 Å². The molecular formula is C16H19NO3. The lowest BCUT2D eigenvalue weighted by atomic mass is 10.2. The molecule has 0 aliphatic heterocycles. The molecule has 4 nitrogen and oxygen atoms in total. The molecule has 0 aliphatic rings. The van der Waals surface area contributed by atoms with E-state index in [2.05, 4.69) is 9.72 Å². The monoisotopic (exact) mass is 273 g/mol. The lowest BCUT2D eigenvalue weighted by Crippen LogP contribution is -2.05. The van der Waals surface area contributed by atoms with E-state index < -0.39 is 5.97 Å².